The summed E-state index contributed by atoms with van der Waals surface area (Å²) >= 11 is 6.89. The lowest BCUT2D eigenvalue weighted by Crippen LogP contribution is -2.30. The Kier molecular flexibility index (Phi) is 4.26. The second-order valence-corrected chi connectivity index (χ2v) is 8.89. The molecule has 7 heteroatoms. The van der Waals surface area contributed by atoms with Crippen molar-refractivity contribution >= 4 is 44.9 Å². The molecule has 1 amide bonds. The Balaban J connectivity index is 1.47. The number of fused-ring (bicyclic) bond motifs is 1. The summed E-state index contributed by atoms with van der Waals surface area (Å²) in [6.45, 7) is 1.00. The summed E-state index contributed by atoms with van der Waals surface area (Å²) in [5, 5.41) is 0.132. The third kappa shape index (κ3) is 3.09. The number of rotatable bonds is 4. The number of thioether (sulfide) groups is 1. The van der Waals surface area contributed by atoms with E-state index in [-0.39, 0.29) is 18.1 Å². The van der Waals surface area contributed by atoms with E-state index in [9.17, 15) is 4.79 Å². The van der Waals surface area contributed by atoms with Crippen molar-refractivity contribution in [1.82, 2.24) is 4.90 Å². The molecule has 2 aliphatic heterocycles. The summed E-state index contributed by atoms with van der Waals surface area (Å²) in [7, 11) is 0. The SMILES string of the molecule is O=C1CSC(c2ccc(Br)s2)N1CCc1ccc2c(c1)OCO2. The Morgan fingerprint density at radius 3 is 2.91 bits per heavy atom. The monoisotopic (exact) mass is 411 g/mol. The summed E-state index contributed by atoms with van der Waals surface area (Å²) in [5.41, 5.74) is 1.16. The highest BCUT2D eigenvalue weighted by atomic mass is 79.9. The highest BCUT2D eigenvalue weighted by Crippen LogP contribution is 2.42. The summed E-state index contributed by atoms with van der Waals surface area (Å²) in [4.78, 5) is 15.4. The highest BCUT2D eigenvalue weighted by Gasteiger charge is 2.33. The van der Waals surface area contributed by atoms with Crippen LogP contribution in [0.2, 0.25) is 0 Å². The number of carbonyl (C=O) groups excluding carboxylic acids is 1. The Morgan fingerprint density at radius 1 is 1.22 bits per heavy atom. The average Bonchev–Trinajstić information content (AvgIpc) is 3.25. The van der Waals surface area contributed by atoms with E-state index in [2.05, 4.69) is 22.0 Å². The van der Waals surface area contributed by atoms with Gasteiger partial charge in [-0.1, -0.05) is 6.07 Å². The molecule has 1 fully saturated rings. The lowest BCUT2D eigenvalue weighted by molar-refractivity contribution is -0.127. The molecule has 23 heavy (non-hydrogen) atoms. The molecule has 2 aliphatic rings. The zero-order chi connectivity index (χ0) is 15.8. The van der Waals surface area contributed by atoms with Gasteiger partial charge in [0.1, 0.15) is 5.37 Å². The van der Waals surface area contributed by atoms with Crippen molar-refractivity contribution in [1.29, 1.82) is 0 Å². The van der Waals surface area contributed by atoms with Crippen LogP contribution in [0.3, 0.4) is 0 Å². The van der Waals surface area contributed by atoms with Gasteiger partial charge in [0.2, 0.25) is 12.7 Å². The lowest BCUT2D eigenvalue weighted by Gasteiger charge is -2.23. The Hall–Kier alpha value is -1.18. The van der Waals surface area contributed by atoms with Crippen LogP contribution in [-0.2, 0) is 11.2 Å². The van der Waals surface area contributed by atoms with Crippen molar-refractivity contribution in [3.63, 3.8) is 0 Å². The van der Waals surface area contributed by atoms with Gasteiger partial charge in [-0.15, -0.1) is 23.1 Å². The first-order valence-electron chi connectivity index (χ1n) is 7.25. The largest absolute Gasteiger partial charge is 0.454 e. The van der Waals surface area contributed by atoms with Crippen LogP contribution in [0.25, 0.3) is 0 Å². The Bertz CT molecular complexity index is 749. The van der Waals surface area contributed by atoms with E-state index < -0.39 is 0 Å². The topological polar surface area (TPSA) is 38.8 Å². The Labute approximate surface area is 150 Å². The molecule has 4 rings (SSSR count). The molecule has 1 saturated heterocycles. The van der Waals surface area contributed by atoms with Gasteiger partial charge >= 0.3 is 0 Å². The fraction of sp³-hybridized carbons (Fsp3) is 0.312. The molecule has 1 aromatic carbocycles. The molecule has 3 heterocycles. The minimum atomic E-state index is 0.132. The van der Waals surface area contributed by atoms with Crippen molar-refractivity contribution in [3.05, 3.63) is 44.6 Å². The first-order valence-corrected chi connectivity index (χ1v) is 9.91. The molecular formula is C16H14BrNO3S2. The van der Waals surface area contributed by atoms with Gasteiger partial charge in [0.15, 0.2) is 11.5 Å². The standard InChI is InChI=1S/C16H14BrNO3S2/c17-14-4-3-13(23-14)16-18(15(19)8-22-16)6-5-10-1-2-11-12(7-10)21-9-20-11/h1-4,7,16H,5-6,8-9H2. The molecule has 0 N–H and O–H groups in total. The van der Waals surface area contributed by atoms with E-state index in [1.807, 2.05) is 29.2 Å². The molecule has 1 atom stereocenters. The number of hydrogen-bond donors (Lipinski definition) is 0. The van der Waals surface area contributed by atoms with Gasteiger partial charge in [0.25, 0.3) is 0 Å². The van der Waals surface area contributed by atoms with Crippen molar-refractivity contribution in [2.75, 3.05) is 19.1 Å². The minimum absolute atomic E-state index is 0.132. The van der Waals surface area contributed by atoms with Crippen LogP contribution >= 0.6 is 39.0 Å². The smallest absolute Gasteiger partial charge is 0.233 e. The zero-order valence-electron chi connectivity index (χ0n) is 12.2. The summed E-state index contributed by atoms with van der Waals surface area (Å²) in [6.07, 6.45) is 0.811. The molecule has 0 aliphatic carbocycles. The number of thiophene rings is 1. The van der Waals surface area contributed by atoms with Crippen molar-refractivity contribution in [3.8, 4) is 11.5 Å². The van der Waals surface area contributed by atoms with Gasteiger partial charge in [-0.05, 0) is 52.2 Å². The van der Waals surface area contributed by atoms with E-state index in [4.69, 9.17) is 9.47 Å². The fourth-order valence-corrected chi connectivity index (χ4v) is 5.62. The highest BCUT2D eigenvalue weighted by molar-refractivity contribution is 9.11. The number of ether oxygens (including phenoxy) is 2. The van der Waals surface area contributed by atoms with Crippen molar-refractivity contribution in [2.24, 2.45) is 0 Å². The quantitative estimate of drug-likeness (QED) is 0.760. The number of nitrogens with zero attached hydrogens (tertiary/aromatic N) is 1. The van der Waals surface area contributed by atoms with E-state index in [0.717, 1.165) is 27.3 Å². The number of carbonyl (C=O) groups is 1. The molecule has 2 aromatic rings. The lowest BCUT2D eigenvalue weighted by atomic mass is 10.1. The van der Waals surface area contributed by atoms with Crippen molar-refractivity contribution in [2.45, 2.75) is 11.8 Å². The van der Waals surface area contributed by atoms with E-state index in [1.165, 1.54) is 4.88 Å². The van der Waals surface area contributed by atoms with Crippen LogP contribution in [0.4, 0.5) is 0 Å². The number of hydrogen-bond acceptors (Lipinski definition) is 5. The number of amides is 1. The molecule has 0 bridgehead atoms. The second-order valence-electron chi connectivity index (χ2n) is 5.33. The third-order valence-electron chi connectivity index (χ3n) is 3.88. The van der Waals surface area contributed by atoms with E-state index >= 15 is 0 Å². The molecule has 0 saturated carbocycles. The Morgan fingerprint density at radius 2 is 2.09 bits per heavy atom. The summed E-state index contributed by atoms with van der Waals surface area (Å²) in [6, 6.07) is 10.1. The second kappa shape index (κ2) is 6.37. The normalized spacial score (nSPS) is 19.6. The molecule has 0 spiro atoms. The molecule has 4 nitrogen and oxygen atoms in total. The van der Waals surface area contributed by atoms with Crippen LogP contribution in [0.5, 0.6) is 11.5 Å². The van der Waals surface area contributed by atoms with E-state index in [1.54, 1.807) is 23.1 Å². The predicted molar refractivity (Wildman–Crippen MR) is 95.2 cm³/mol. The summed E-state index contributed by atoms with van der Waals surface area (Å²) < 4.78 is 11.8. The maximum atomic E-state index is 12.2. The van der Waals surface area contributed by atoms with Gasteiger partial charge in [-0.3, -0.25) is 4.79 Å². The van der Waals surface area contributed by atoms with Gasteiger partial charge < -0.3 is 14.4 Å². The number of halogens is 1. The van der Waals surface area contributed by atoms with Gasteiger partial charge in [0.05, 0.1) is 9.54 Å². The maximum absolute atomic E-state index is 12.2. The number of benzene rings is 1. The molecule has 1 unspecified atom stereocenters. The molecule has 0 radical (unpaired) electrons. The molecular weight excluding hydrogens is 398 g/mol. The minimum Gasteiger partial charge on any atom is -0.454 e. The zero-order valence-corrected chi connectivity index (χ0v) is 15.4. The summed E-state index contributed by atoms with van der Waals surface area (Å²) in [5.74, 6) is 2.36. The average molecular weight is 412 g/mol. The first-order chi connectivity index (χ1) is 11.2. The van der Waals surface area contributed by atoms with Crippen LogP contribution in [0, 0.1) is 0 Å². The van der Waals surface area contributed by atoms with Crippen molar-refractivity contribution < 1.29 is 14.3 Å². The van der Waals surface area contributed by atoms with E-state index in [0.29, 0.717) is 12.3 Å². The first kappa shape index (κ1) is 15.4. The molecule has 1 aromatic heterocycles. The fourth-order valence-electron chi connectivity index (χ4n) is 2.74. The van der Waals surface area contributed by atoms with Crippen LogP contribution in [0.1, 0.15) is 15.8 Å². The maximum Gasteiger partial charge on any atom is 0.233 e. The molecule has 120 valence electrons. The van der Waals surface area contributed by atoms with Gasteiger partial charge in [-0.25, -0.2) is 0 Å². The van der Waals surface area contributed by atoms with Crippen LogP contribution in [-0.4, -0.2) is 29.9 Å². The van der Waals surface area contributed by atoms with Gasteiger partial charge in [-0.2, -0.15) is 0 Å². The van der Waals surface area contributed by atoms with Gasteiger partial charge in [0, 0.05) is 11.4 Å². The van der Waals surface area contributed by atoms with Crippen LogP contribution in [0.15, 0.2) is 34.1 Å². The predicted octanol–water partition coefficient (Wildman–Crippen LogP) is 4.06. The van der Waals surface area contributed by atoms with Crippen LogP contribution < -0.4 is 9.47 Å². The third-order valence-corrected chi connectivity index (χ3v) is 6.95.